The van der Waals surface area contributed by atoms with Gasteiger partial charge in [0.25, 0.3) is 0 Å². The second-order valence-electron chi connectivity index (χ2n) is 9.34. The third kappa shape index (κ3) is 4.19. The lowest BCUT2D eigenvalue weighted by atomic mass is 10.00. The van der Waals surface area contributed by atoms with Crippen LogP contribution in [0.1, 0.15) is 31.4 Å². The molecule has 1 aliphatic carbocycles. The lowest BCUT2D eigenvalue weighted by Crippen LogP contribution is -2.32. The summed E-state index contributed by atoms with van der Waals surface area (Å²) in [5, 5.41) is 8.13. The van der Waals surface area contributed by atoms with Gasteiger partial charge in [0.1, 0.15) is 5.82 Å². The minimum absolute atomic E-state index is 0.564. The highest BCUT2D eigenvalue weighted by Crippen LogP contribution is 2.39. The first-order chi connectivity index (χ1) is 14.1. The van der Waals surface area contributed by atoms with E-state index < -0.39 is 0 Å². The average Bonchev–Trinajstić information content (AvgIpc) is 3.36. The average molecular weight is 396 g/mol. The van der Waals surface area contributed by atoms with Crippen molar-refractivity contribution in [3.63, 3.8) is 0 Å². The third-order valence-electron chi connectivity index (χ3n) is 7.12. The Labute approximate surface area is 173 Å². The number of pyridine rings is 1. The van der Waals surface area contributed by atoms with Gasteiger partial charge < -0.3 is 15.0 Å². The van der Waals surface area contributed by atoms with E-state index in [4.69, 9.17) is 4.74 Å². The summed E-state index contributed by atoms with van der Waals surface area (Å²) >= 11 is 0. The molecule has 156 valence electrons. The highest BCUT2D eigenvalue weighted by molar-refractivity contribution is 5.65. The van der Waals surface area contributed by atoms with Crippen LogP contribution >= 0.6 is 0 Å². The van der Waals surface area contributed by atoms with Crippen LogP contribution in [0.3, 0.4) is 0 Å². The Kier molecular flexibility index (Phi) is 5.31. The van der Waals surface area contributed by atoms with Gasteiger partial charge in [-0.1, -0.05) is 0 Å². The Bertz CT molecular complexity index is 812. The Balaban J connectivity index is 1.13. The lowest BCUT2D eigenvalue weighted by molar-refractivity contribution is 0.0545. The Hall–Kier alpha value is -1.92. The predicted octanol–water partition coefficient (Wildman–Crippen LogP) is 3.34. The quantitative estimate of drug-likeness (QED) is 0.842. The van der Waals surface area contributed by atoms with Crippen molar-refractivity contribution in [3.8, 4) is 11.1 Å². The molecule has 4 heterocycles. The van der Waals surface area contributed by atoms with Gasteiger partial charge in [-0.05, 0) is 62.5 Å². The maximum Gasteiger partial charge on any atom is 0.126 e. The minimum Gasteiger partial charge on any atom is -0.381 e. The predicted molar refractivity (Wildman–Crippen MR) is 115 cm³/mol. The molecule has 0 bridgehead atoms. The molecule has 3 aliphatic rings. The van der Waals surface area contributed by atoms with E-state index in [2.05, 4.69) is 38.6 Å². The van der Waals surface area contributed by atoms with Crippen molar-refractivity contribution < 1.29 is 4.74 Å². The van der Waals surface area contributed by atoms with Crippen LogP contribution in [0.25, 0.3) is 11.1 Å². The SMILES string of the molecule is Cc1nn(C)cc1-c1ccc(NC2C[C@@H]3CN(CC4CCOCC4)C[C@H]3C2)nc1. The number of likely N-dealkylation sites (tertiary alicyclic amines) is 1. The molecule has 0 unspecified atom stereocenters. The standard InChI is InChI=1S/C23H33N5O/c1-16-22(15-27(2)26-16)18-3-4-23(24-11-18)25-21-9-19-13-28(14-20(19)10-21)12-17-5-7-29-8-6-17/h3-4,11,15,17,19-21H,5-10,12-14H2,1-2H3,(H,24,25)/t19-,20-/m1/s1. The summed E-state index contributed by atoms with van der Waals surface area (Å²) < 4.78 is 7.37. The monoisotopic (exact) mass is 395 g/mol. The van der Waals surface area contributed by atoms with E-state index in [-0.39, 0.29) is 0 Å². The first-order valence-corrected chi connectivity index (χ1v) is 11.2. The summed E-state index contributed by atoms with van der Waals surface area (Å²) in [5.41, 5.74) is 3.34. The van der Waals surface area contributed by atoms with Crippen molar-refractivity contribution in [2.75, 3.05) is 38.2 Å². The highest BCUT2D eigenvalue weighted by atomic mass is 16.5. The number of nitrogens with one attached hydrogen (secondary N) is 1. The highest BCUT2D eigenvalue weighted by Gasteiger charge is 2.41. The summed E-state index contributed by atoms with van der Waals surface area (Å²) in [5.74, 6) is 3.55. The van der Waals surface area contributed by atoms with Crippen LogP contribution in [0, 0.1) is 24.7 Å². The van der Waals surface area contributed by atoms with Gasteiger partial charge in [-0.25, -0.2) is 4.98 Å². The van der Waals surface area contributed by atoms with Gasteiger partial charge in [0, 0.05) is 69.5 Å². The first kappa shape index (κ1) is 19.1. The van der Waals surface area contributed by atoms with Crippen LogP contribution in [0.4, 0.5) is 5.82 Å². The topological polar surface area (TPSA) is 55.2 Å². The zero-order valence-electron chi connectivity index (χ0n) is 17.7. The molecule has 1 N–H and O–H groups in total. The molecular formula is C23H33N5O. The maximum absolute atomic E-state index is 5.51. The van der Waals surface area contributed by atoms with Crippen molar-refractivity contribution in [2.24, 2.45) is 24.8 Å². The second kappa shape index (κ2) is 8.07. The molecule has 2 aromatic heterocycles. The summed E-state index contributed by atoms with van der Waals surface area (Å²) in [6, 6.07) is 4.84. The maximum atomic E-state index is 5.51. The van der Waals surface area contributed by atoms with Crippen LogP contribution in [0.2, 0.25) is 0 Å². The smallest absolute Gasteiger partial charge is 0.126 e. The van der Waals surface area contributed by atoms with Gasteiger partial charge in [-0.15, -0.1) is 0 Å². The van der Waals surface area contributed by atoms with Gasteiger partial charge in [0.15, 0.2) is 0 Å². The fourth-order valence-electron chi connectivity index (χ4n) is 5.69. The van der Waals surface area contributed by atoms with E-state index in [1.807, 2.05) is 24.9 Å². The number of aryl methyl sites for hydroxylation is 2. The molecule has 1 saturated carbocycles. The second-order valence-corrected chi connectivity index (χ2v) is 9.34. The zero-order valence-corrected chi connectivity index (χ0v) is 17.7. The molecule has 2 aliphatic heterocycles. The Morgan fingerprint density at radius 3 is 2.52 bits per heavy atom. The molecule has 3 fully saturated rings. The summed E-state index contributed by atoms with van der Waals surface area (Å²) in [6.45, 7) is 7.82. The normalized spacial score (nSPS) is 26.1. The molecule has 0 radical (unpaired) electrons. The van der Waals surface area contributed by atoms with Crippen LogP contribution < -0.4 is 5.32 Å². The number of rotatable bonds is 5. The lowest BCUT2D eigenvalue weighted by Gasteiger charge is -2.27. The Morgan fingerprint density at radius 2 is 1.90 bits per heavy atom. The molecule has 29 heavy (non-hydrogen) atoms. The van der Waals surface area contributed by atoms with E-state index in [1.54, 1.807) is 0 Å². The molecule has 6 heteroatoms. The van der Waals surface area contributed by atoms with Crippen LogP contribution in [-0.4, -0.2) is 58.6 Å². The fourth-order valence-corrected chi connectivity index (χ4v) is 5.69. The van der Waals surface area contributed by atoms with E-state index in [1.165, 1.54) is 45.3 Å². The third-order valence-corrected chi connectivity index (χ3v) is 7.12. The van der Waals surface area contributed by atoms with Crippen LogP contribution in [0.5, 0.6) is 0 Å². The first-order valence-electron chi connectivity index (χ1n) is 11.2. The van der Waals surface area contributed by atoms with Gasteiger partial charge >= 0.3 is 0 Å². The van der Waals surface area contributed by atoms with Crippen LogP contribution in [-0.2, 0) is 11.8 Å². The molecule has 6 nitrogen and oxygen atoms in total. The number of anilines is 1. The summed E-state index contributed by atoms with van der Waals surface area (Å²) in [7, 11) is 1.96. The molecule has 0 spiro atoms. The fraction of sp³-hybridized carbons (Fsp3) is 0.652. The largest absolute Gasteiger partial charge is 0.381 e. The molecule has 2 atom stereocenters. The molecule has 2 aromatic rings. The van der Waals surface area contributed by atoms with E-state index >= 15 is 0 Å². The van der Waals surface area contributed by atoms with E-state index in [9.17, 15) is 0 Å². The van der Waals surface area contributed by atoms with E-state index in [0.29, 0.717) is 6.04 Å². The summed E-state index contributed by atoms with van der Waals surface area (Å²) in [6.07, 6.45) is 9.08. The van der Waals surface area contributed by atoms with Crippen LogP contribution in [0.15, 0.2) is 24.5 Å². The molecule has 0 amide bonds. The molecule has 5 rings (SSSR count). The van der Waals surface area contributed by atoms with Gasteiger partial charge in [-0.2, -0.15) is 5.10 Å². The number of hydrogen-bond acceptors (Lipinski definition) is 5. The summed E-state index contributed by atoms with van der Waals surface area (Å²) in [4.78, 5) is 7.41. The zero-order chi connectivity index (χ0) is 19.8. The number of fused-ring (bicyclic) bond motifs is 1. The molecule has 2 saturated heterocycles. The number of hydrogen-bond donors (Lipinski definition) is 1. The van der Waals surface area contributed by atoms with Crippen molar-refractivity contribution in [2.45, 2.75) is 38.6 Å². The van der Waals surface area contributed by atoms with Crippen molar-refractivity contribution in [3.05, 3.63) is 30.2 Å². The van der Waals surface area contributed by atoms with Crippen molar-refractivity contribution >= 4 is 5.82 Å². The number of ether oxygens (including phenoxy) is 1. The van der Waals surface area contributed by atoms with Crippen molar-refractivity contribution in [1.82, 2.24) is 19.7 Å². The van der Waals surface area contributed by atoms with Gasteiger partial charge in [0.2, 0.25) is 0 Å². The van der Waals surface area contributed by atoms with E-state index in [0.717, 1.165) is 53.6 Å². The van der Waals surface area contributed by atoms with Gasteiger partial charge in [0.05, 0.1) is 5.69 Å². The molecule has 0 aromatic carbocycles. The Morgan fingerprint density at radius 1 is 1.14 bits per heavy atom. The number of nitrogens with zero attached hydrogens (tertiary/aromatic N) is 4. The van der Waals surface area contributed by atoms with Gasteiger partial charge in [-0.3, -0.25) is 4.68 Å². The number of aromatic nitrogens is 3. The van der Waals surface area contributed by atoms with Crippen molar-refractivity contribution in [1.29, 1.82) is 0 Å². The minimum atomic E-state index is 0.564. The molecular weight excluding hydrogens is 362 g/mol.